The van der Waals surface area contributed by atoms with E-state index in [1.807, 2.05) is 6.92 Å². The van der Waals surface area contributed by atoms with E-state index in [4.69, 9.17) is 5.11 Å². The van der Waals surface area contributed by atoms with Gasteiger partial charge in [0.1, 0.15) is 0 Å². The summed E-state index contributed by atoms with van der Waals surface area (Å²) in [6.45, 7) is 3.65. The number of nitrogens with one attached hydrogen (secondary N) is 1. The lowest BCUT2D eigenvalue weighted by Crippen LogP contribution is -2.13. The molecule has 1 amide bonds. The smallest absolute Gasteiger partial charge is 0.334 e. The van der Waals surface area contributed by atoms with E-state index in [0.717, 1.165) is 15.6 Å². The number of carboxylic acids is 1. The Morgan fingerprint density at radius 2 is 2.19 bits per heavy atom. The first-order chi connectivity index (χ1) is 7.49. The summed E-state index contributed by atoms with van der Waals surface area (Å²) < 4.78 is 0. The van der Waals surface area contributed by atoms with Crippen LogP contribution in [0.3, 0.4) is 0 Å². The third-order valence-electron chi connectivity index (χ3n) is 2.29. The second-order valence-corrected chi connectivity index (χ2v) is 4.73. The molecule has 84 valence electrons. The van der Waals surface area contributed by atoms with Gasteiger partial charge in [-0.25, -0.2) is 9.78 Å². The Hall–Kier alpha value is -1.69. The molecule has 0 saturated heterocycles. The summed E-state index contributed by atoms with van der Waals surface area (Å²) >= 11 is 1.39. The molecule has 5 nitrogen and oxygen atoms in total. The van der Waals surface area contributed by atoms with Crippen molar-refractivity contribution < 1.29 is 14.7 Å². The number of hydrogen-bond donors (Lipinski definition) is 2. The Labute approximate surface area is 95.8 Å². The van der Waals surface area contributed by atoms with Crippen molar-refractivity contribution in [3.05, 3.63) is 21.2 Å². The van der Waals surface area contributed by atoms with Gasteiger partial charge < -0.3 is 10.4 Å². The van der Waals surface area contributed by atoms with Crippen LogP contribution < -0.4 is 5.32 Å². The van der Waals surface area contributed by atoms with E-state index >= 15 is 0 Å². The molecule has 0 unspecified atom stereocenters. The van der Waals surface area contributed by atoms with E-state index in [1.165, 1.54) is 11.3 Å². The fourth-order valence-corrected chi connectivity index (χ4v) is 2.60. The Kier molecular flexibility index (Phi) is 2.51. The Bertz CT molecular complexity index is 516. The number of hydrogen-bond acceptors (Lipinski definition) is 4. The first-order valence-electron chi connectivity index (χ1n) is 4.69. The number of thiazole rings is 1. The predicted octanol–water partition coefficient (Wildman–Crippen LogP) is 1.08. The van der Waals surface area contributed by atoms with Gasteiger partial charge in [-0.1, -0.05) is 0 Å². The number of carboxylic acid groups (broad SMARTS) is 1. The second kappa shape index (κ2) is 3.71. The Balaban J connectivity index is 2.53. The minimum Gasteiger partial charge on any atom is -0.478 e. The maximum atomic E-state index is 11.2. The maximum Gasteiger partial charge on any atom is 0.334 e. The Morgan fingerprint density at radius 3 is 2.69 bits per heavy atom. The average molecular weight is 238 g/mol. The van der Waals surface area contributed by atoms with Crippen molar-refractivity contribution >= 4 is 28.9 Å². The zero-order chi connectivity index (χ0) is 11.9. The number of aromatic nitrogens is 1. The predicted molar refractivity (Wildman–Crippen MR) is 58.9 cm³/mol. The molecule has 0 saturated carbocycles. The van der Waals surface area contributed by atoms with E-state index in [1.54, 1.807) is 6.92 Å². The van der Waals surface area contributed by atoms with Gasteiger partial charge in [-0.2, -0.15) is 0 Å². The zero-order valence-corrected chi connectivity index (χ0v) is 9.64. The van der Waals surface area contributed by atoms with Gasteiger partial charge in [-0.15, -0.1) is 11.3 Å². The molecular formula is C10H10N2O3S. The van der Waals surface area contributed by atoms with E-state index in [0.29, 0.717) is 5.70 Å². The van der Waals surface area contributed by atoms with Gasteiger partial charge in [0.2, 0.25) is 5.91 Å². The molecule has 0 radical (unpaired) electrons. The van der Waals surface area contributed by atoms with Gasteiger partial charge >= 0.3 is 5.97 Å². The lowest BCUT2D eigenvalue weighted by atomic mass is 10.1. The highest BCUT2D eigenvalue weighted by Gasteiger charge is 2.29. The first-order valence-corrected chi connectivity index (χ1v) is 5.51. The molecule has 0 atom stereocenters. The zero-order valence-electron chi connectivity index (χ0n) is 8.83. The largest absolute Gasteiger partial charge is 0.478 e. The van der Waals surface area contributed by atoms with Gasteiger partial charge in [0, 0.05) is 0 Å². The molecule has 0 fully saturated rings. The summed E-state index contributed by atoms with van der Waals surface area (Å²) in [6, 6.07) is 0. The number of carbonyl (C=O) groups is 2. The molecule has 0 aromatic carbocycles. The summed E-state index contributed by atoms with van der Waals surface area (Å²) in [5.74, 6) is -1.34. The summed E-state index contributed by atoms with van der Waals surface area (Å²) in [7, 11) is 0. The van der Waals surface area contributed by atoms with Crippen LogP contribution >= 0.6 is 11.3 Å². The number of carbonyl (C=O) groups excluding carboxylic acids is 1. The van der Waals surface area contributed by atoms with Gasteiger partial charge in [0.15, 0.2) is 0 Å². The molecule has 1 aromatic rings. The minimum absolute atomic E-state index is 0.0684. The molecule has 2 heterocycles. The highest BCUT2D eigenvalue weighted by molar-refractivity contribution is 7.12. The molecular weight excluding hydrogens is 228 g/mol. The van der Waals surface area contributed by atoms with Crippen molar-refractivity contribution in [3.8, 4) is 0 Å². The lowest BCUT2D eigenvalue weighted by molar-refractivity contribution is -0.133. The van der Waals surface area contributed by atoms with Crippen LogP contribution in [0.5, 0.6) is 0 Å². The third-order valence-corrected chi connectivity index (χ3v) is 3.38. The van der Waals surface area contributed by atoms with E-state index in [2.05, 4.69) is 10.3 Å². The molecule has 1 aromatic heterocycles. The molecule has 1 aliphatic heterocycles. The van der Waals surface area contributed by atoms with Crippen LogP contribution in [-0.4, -0.2) is 22.0 Å². The number of aryl methyl sites for hydroxylation is 2. The average Bonchev–Trinajstić information content (AvgIpc) is 2.69. The summed E-state index contributed by atoms with van der Waals surface area (Å²) in [5.41, 5.74) is 1.27. The third kappa shape index (κ3) is 1.71. The van der Waals surface area contributed by atoms with E-state index in [9.17, 15) is 9.59 Å². The van der Waals surface area contributed by atoms with Gasteiger partial charge in [-0.3, -0.25) is 4.79 Å². The highest BCUT2D eigenvalue weighted by Crippen LogP contribution is 2.30. The number of aliphatic carboxylic acids is 1. The molecule has 0 bridgehead atoms. The molecule has 0 spiro atoms. The van der Waals surface area contributed by atoms with Crippen LogP contribution in [0.1, 0.15) is 22.0 Å². The highest BCUT2D eigenvalue weighted by atomic mass is 32.1. The molecule has 2 N–H and O–H groups in total. The van der Waals surface area contributed by atoms with Crippen molar-refractivity contribution in [1.29, 1.82) is 0 Å². The number of nitrogens with zero attached hydrogens (tertiary/aromatic N) is 1. The van der Waals surface area contributed by atoms with Crippen molar-refractivity contribution in [2.75, 3.05) is 0 Å². The quantitative estimate of drug-likeness (QED) is 0.808. The standard InChI is InChI=1S/C10H10N2O3S/c1-4-9(16-5(2)11-4)8-6(10(14)15)3-7(13)12-8/h3H2,1-2H3,(H,12,13)(H,14,15). The van der Waals surface area contributed by atoms with Crippen molar-refractivity contribution in [2.24, 2.45) is 0 Å². The lowest BCUT2D eigenvalue weighted by Gasteiger charge is -2.01. The first kappa shape index (κ1) is 10.8. The molecule has 6 heteroatoms. The van der Waals surface area contributed by atoms with Crippen LogP contribution in [0, 0.1) is 13.8 Å². The van der Waals surface area contributed by atoms with Crippen LogP contribution in [0.2, 0.25) is 0 Å². The maximum absolute atomic E-state index is 11.2. The van der Waals surface area contributed by atoms with Crippen LogP contribution in [0.4, 0.5) is 0 Å². The van der Waals surface area contributed by atoms with Gasteiger partial charge in [0.05, 0.1) is 33.3 Å². The van der Waals surface area contributed by atoms with Crippen LogP contribution in [0.15, 0.2) is 5.57 Å². The summed E-state index contributed by atoms with van der Waals surface area (Å²) in [6.07, 6.45) is -0.0684. The second-order valence-electron chi connectivity index (χ2n) is 3.53. The van der Waals surface area contributed by atoms with Crippen molar-refractivity contribution in [1.82, 2.24) is 10.3 Å². The molecule has 2 rings (SSSR count). The topological polar surface area (TPSA) is 79.3 Å². The van der Waals surface area contributed by atoms with Crippen LogP contribution in [0.25, 0.3) is 5.70 Å². The van der Waals surface area contributed by atoms with Crippen molar-refractivity contribution in [3.63, 3.8) is 0 Å². The monoisotopic (exact) mass is 238 g/mol. The fourth-order valence-electron chi connectivity index (χ4n) is 1.65. The molecule has 0 aliphatic carbocycles. The molecule has 16 heavy (non-hydrogen) atoms. The van der Waals surface area contributed by atoms with Crippen LogP contribution in [-0.2, 0) is 9.59 Å². The molecule has 1 aliphatic rings. The van der Waals surface area contributed by atoms with Gasteiger partial charge in [0.25, 0.3) is 0 Å². The van der Waals surface area contributed by atoms with E-state index in [-0.39, 0.29) is 17.9 Å². The van der Waals surface area contributed by atoms with E-state index < -0.39 is 5.97 Å². The van der Waals surface area contributed by atoms with Gasteiger partial charge in [-0.05, 0) is 13.8 Å². The number of rotatable bonds is 2. The summed E-state index contributed by atoms with van der Waals surface area (Å²) in [4.78, 5) is 27.2. The minimum atomic E-state index is -1.06. The fraction of sp³-hybridized carbons (Fsp3) is 0.300. The van der Waals surface area contributed by atoms with Crippen molar-refractivity contribution in [2.45, 2.75) is 20.3 Å². The number of amides is 1. The summed E-state index contributed by atoms with van der Waals surface area (Å²) in [5, 5.41) is 12.4. The normalized spacial score (nSPS) is 15.5. The SMILES string of the molecule is Cc1nc(C)c(C2=C(C(=O)O)CC(=O)N2)s1. The Morgan fingerprint density at radius 1 is 1.50 bits per heavy atom.